The maximum Gasteiger partial charge on any atom is 0.345 e. The Morgan fingerprint density at radius 3 is 2.18 bits per heavy atom. The number of esters is 1. The predicted molar refractivity (Wildman–Crippen MR) is 74.4 cm³/mol. The van der Waals surface area contributed by atoms with E-state index in [-0.39, 0.29) is 22.3 Å². The van der Waals surface area contributed by atoms with Gasteiger partial charge in [-0.1, -0.05) is 24.3 Å². The summed E-state index contributed by atoms with van der Waals surface area (Å²) >= 11 is 0. The number of aromatic hydroxyl groups is 2. The number of methoxy groups -OCH3 is 1. The first-order valence-corrected chi connectivity index (χ1v) is 6.33. The highest BCUT2D eigenvalue weighted by Gasteiger charge is 2.35. The van der Waals surface area contributed by atoms with Crippen molar-refractivity contribution in [3.63, 3.8) is 0 Å². The van der Waals surface area contributed by atoms with Gasteiger partial charge in [-0.3, -0.25) is 9.59 Å². The van der Waals surface area contributed by atoms with Crippen LogP contribution in [0.15, 0.2) is 30.3 Å². The van der Waals surface area contributed by atoms with E-state index < -0.39 is 34.6 Å². The third-order valence-electron chi connectivity index (χ3n) is 3.56. The van der Waals surface area contributed by atoms with Crippen LogP contribution in [0.25, 0.3) is 0 Å². The second-order valence-electron chi connectivity index (χ2n) is 4.74. The average molecular weight is 298 g/mol. The molecule has 110 valence electrons. The third kappa shape index (κ3) is 1.70. The van der Waals surface area contributed by atoms with E-state index in [9.17, 15) is 24.6 Å². The molecule has 22 heavy (non-hydrogen) atoms. The Balaban J connectivity index is 2.34. The quantitative estimate of drug-likeness (QED) is 0.663. The highest BCUT2D eigenvalue weighted by molar-refractivity contribution is 6.30. The molecule has 0 radical (unpaired) electrons. The molecule has 2 aromatic rings. The molecule has 0 aliphatic heterocycles. The number of carbonyl (C=O) groups is 3. The van der Waals surface area contributed by atoms with Gasteiger partial charge in [-0.2, -0.15) is 0 Å². The summed E-state index contributed by atoms with van der Waals surface area (Å²) in [6, 6.07) is 7.14. The second-order valence-corrected chi connectivity index (χ2v) is 4.74. The number of rotatable bonds is 1. The van der Waals surface area contributed by atoms with E-state index in [4.69, 9.17) is 0 Å². The molecule has 2 aromatic carbocycles. The molecule has 0 saturated carbocycles. The molecular weight excluding hydrogens is 288 g/mol. The Morgan fingerprint density at radius 2 is 1.59 bits per heavy atom. The number of hydrogen-bond acceptors (Lipinski definition) is 6. The molecule has 0 spiro atoms. The molecule has 3 rings (SSSR count). The zero-order valence-corrected chi connectivity index (χ0v) is 11.4. The van der Waals surface area contributed by atoms with Gasteiger partial charge in [-0.15, -0.1) is 0 Å². The van der Waals surface area contributed by atoms with Crippen molar-refractivity contribution in [2.24, 2.45) is 0 Å². The van der Waals surface area contributed by atoms with E-state index in [0.29, 0.717) is 0 Å². The van der Waals surface area contributed by atoms with Crippen molar-refractivity contribution in [3.8, 4) is 11.5 Å². The number of ketones is 2. The maximum atomic E-state index is 12.5. The Labute approximate surface area is 124 Å². The minimum absolute atomic E-state index is 0.136. The van der Waals surface area contributed by atoms with Crippen LogP contribution in [0.2, 0.25) is 0 Å². The summed E-state index contributed by atoms with van der Waals surface area (Å²) in [5.74, 6) is -3.48. The van der Waals surface area contributed by atoms with E-state index in [1.54, 1.807) is 12.1 Å². The van der Waals surface area contributed by atoms with Crippen molar-refractivity contribution in [1.82, 2.24) is 0 Å². The average Bonchev–Trinajstić information content (AvgIpc) is 2.51. The molecule has 6 nitrogen and oxygen atoms in total. The van der Waals surface area contributed by atoms with Crippen LogP contribution in [-0.2, 0) is 4.74 Å². The number of ether oxygens (including phenoxy) is 1. The highest BCUT2D eigenvalue weighted by Crippen LogP contribution is 2.39. The van der Waals surface area contributed by atoms with Crippen molar-refractivity contribution in [2.75, 3.05) is 7.11 Å². The van der Waals surface area contributed by atoms with Gasteiger partial charge in [0.1, 0.15) is 17.1 Å². The molecule has 0 bridgehead atoms. The second kappa shape index (κ2) is 4.70. The highest BCUT2D eigenvalue weighted by atomic mass is 16.5. The molecule has 0 saturated heterocycles. The Hall–Kier alpha value is -3.15. The SMILES string of the molecule is COC(=O)c1c(O)cc2c(c1O)C(=O)c1ccccc1C2=O. The molecule has 1 aliphatic rings. The van der Waals surface area contributed by atoms with Crippen LogP contribution in [0, 0.1) is 0 Å². The van der Waals surface area contributed by atoms with E-state index in [1.165, 1.54) is 12.1 Å². The predicted octanol–water partition coefficient (Wildman–Crippen LogP) is 1.66. The summed E-state index contributed by atoms with van der Waals surface area (Å²) in [5, 5.41) is 20.1. The molecule has 1 aliphatic carbocycles. The summed E-state index contributed by atoms with van der Waals surface area (Å²) in [7, 11) is 1.07. The Morgan fingerprint density at radius 1 is 1.00 bits per heavy atom. The number of fused-ring (bicyclic) bond motifs is 2. The van der Waals surface area contributed by atoms with Crippen LogP contribution in [0.5, 0.6) is 11.5 Å². The molecule has 0 atom stereocenters. The zero-order chi connectivity index (χ0) is 16.0. The van der Waals surface area contributed by atoms with Crippen LogP contribution >= 0.6 is 0 Å². The Bertz CT molecular complexity index is 850. The lowest BCUT2D eigenvalue weighted by Gasteiger charge is -2.20. The lowest BCUT2D eigenvalue weighted by atomic mass is 9.82. The molecule has 0 fully saturated rings. The standard InChI is InChI=1S/C16H10O6/c1-22-16(21)12-10(17)6-9-11(15(12)20)14(19)8-5-3-2-4-7(8)13(9)18/h2-6,17,20H,1H3. The van der Waals surface area contributed by atoms with Crippen LogP contribution < -0.4 is 0 Å². The molecule has 0 aromatic heterocycles. The van der Waals surface area contributed by atoms with Gasteiger partial charge in [0.25, 0.3) is 0 Å². The van der Waals surface area contributed by atoms with Gasteiger partial charge < -0.3 is 14.9 Å². The van der Waals surface area contributed by atoms with Crippen molar-refractivity contribution < 1.29 is 29.3 Å². The van der Waals surface area contributed by atoms with Gasteiger partial charge in [0, 0.05) is 16.7 Å². The summed E-state index contributed by atoms with van der Waals surface area (Å²) in [6.07, 6.45) is 0. The number of hydrogen-bond donors (Lipinski definition) is 2. The molecule has 0 unspecified atom stereocenters. The lowest BCUT2D eigenvalue weighted by molar-refractivity contribution is 0.0593. The van der Waals surface area contributed by atoms with Gasteiger partial charge in [0.05, 0.1) is 12.7 Å². The van der Waals surface area contributed by atoms with Crippen LogP contribution in [0.3, 0.4) is 0 Å². The summed E-state index contributed by atoms with van der Waals surface area (Å²) in [6.45, 7) is 0. The fourth-order valence-corrected chi connectivity index (χ4v) is 2.53. The first kappa shape index (κ1) is 13.8. The van der Waals surface area contributed by atoms with Gasteiger partial charge in [-0.25, -0.2) is 4.79 Å². The van der Waals surface area contributed by atoms with E-state index >= 15 is 0 Å². The first-order chi connectivity index (χ1) is 10.5. The number of carbonyl (C=O) groups excluding carboxylic acids is 3. The molecule has 2 N–H and O–H groups in total. The van der Waals surface area contributed by atoms with Gasteiger partial charge in [0.15, 0.2) is 11.6 Å². The minimum atomic E-state index is -1.00. The topological polar surface area (TPSA) is 101 Å². The van der Waals surface area contributed by atoms with Crippen LogP contribution in [-0.4, -0.2) is 34.9 Å². The number of benzene rings is 2. The Kier molecular flexibility index (Phi) is 2.95. The normalized spacial score (nSPS) is 12.6. The van der Waals surface area contributed by atoms with Crippen LogP contribution in [0.1, 0.15) is 42.2 Å². The van der Waals surface area contributed by atoms with Crippen molar-refractivity contribution >= 4 is 17.5 Å². The summed E-state index contributed by atoms with van der Waals surface area (Å²) < 4.78 is 4.47. The fraction of sp³-hybridized carbons (Fsp3) is 0.0625. The number of phenols is 2. The minimum Gasteiger partial charge on any atom is -0.507 e. The van der Waals surface area contributed by atoms with Gasteiger partial charge >= 0.3 is 5.97 Å². The molecule has 0 heterocycles. The third-order valence-corrected chi connectivity index (χ3v) is 3.56. The monoisotopic (exact) mass is 298 g/mol. The maximum absolute atomic E-state index is 12.5. The van der Waals surface area contributed by atoms with Crippen LogP contribution in [0.4, 0.5) is 0 Å². The molecule has 0 amide bonds. The van der Waals surface area contributed by atoms with Gasteiger partial charge in [-0.05, 0) is 6.07 Å². The largest absolute Gasteiger partial charge is 0.507 e. The molecule has 6 heteroatoms. The molecular formula is C16H10O6. The van der Waals surface area contributed by atoms with Crippen molar-refractivity contribution in [1.29, 1.82) is 0 Å². The summed E-state index contributed by atoms with van der Waals surface area (Å²) in [4.78, 5) is 36.6. The number of phenolic OH excluding ortho intramolecular Hbond substituents is 2. The smallest absolute Gasteiger partial charge is 0.345 e. The van der Waals surface area contributed by atoms with E-state index in [2.05, 4.69) is 4.74 Å². The first-order valence-electron chi connectivity index (χ1n) is 6.33. The zero-order valence-electron chi connectivity index (χ0n) is 11.4. The summed E-state index contributed by atoms with van der Waals surface area (Å²) in [5.41, 5.74) is -0.670. The van der Waals surface area contributed by atoms with Gasteiger partial charge in [0.2, 0.25) is 0 Å². The fourth-order valence-electron chi connectivity index (χ4n) is 2.53. The van der Waals surface area contributed by atoms with Crippen molar-refractivity contribution in [3.05, 3.63) is 58.1 Å². The van der Waals surface area contributed by atoms with E-state index in [0.717, 1.165) is 13.2 Å². The van der Waals surface area contributed by atoms with E-state index in [1.807, 2.05) is 0 Å². The van der Waals surface area contributed by atoms with Crippen molar-refractivity contribution in [2.45, 2.75) is 0 Å². The lowest BCUT2D eigenvalue weighted by Crippen LogP contribution is -2.22.